The summed E-state index contributed by atoms with van der Waals surface area (Å²) in [6.45, 7) is 2.06. The summed E-state index contributed by atoms with van der Waals surface area (Å²) in [7, 11) is -2.08. The van der Waals surface area contributed by atoms with Gasteiger partial charge in [0.1, 0.15) is 0 Å². The molecule has 0 saturated carbocycles. The number of nitrogen functional groups attached to an aromatic ring is 1. The maximum atomic E-state index is 12.6. The fraction of sp³-hybridized carbons (Fsp3) is 0.200. The molecule has 0 aliphatic heterocycles. The van der Waals surface area contributed by atoms with Crippen molar-refractivity contribution in [2.45, 2.75) is 18.2 Å². The molecule has 0 saturated heterocycles. The number of halogens is 1. The van der Waals surface area contributed by atoms with Crippen molar-refractivity contribution in [2.75, 3.05) is 17.1 Å². The number of benzene rings is 2. The maximum absolute atomic E-state index is 12.6. The molecular formula is C15H17BrN2O2S. The van der Waals surface area contributed by atoms with E-state index < -0.39 is 10.0 Å². The van der Waals surface area contributed by atoms with E-state index in [2.05, 4.69) is 22.9 Å². The molecule has 2 N–H and O–H groups in total. The monoisotopic (exact) mass is 368 g/mol. The van der Waals surface area contributed by atoms with Gasteiger partial charge in [0.25, 0.3) is 10.0 Å². The Balaban J connectivity index is 2.39. The van der Waals surface area contributed by atoms with Gasteiger partial charge in [0.2, 0.25) is 0 Å². The quantitative estimate of drug-likeness (QED) is 0.840. The Kier molecular flexibility index (Phi) is 4.58. The molecule has 21 heavy (non-hydrogen) atoms. The van der Waals surface area contributed by atoms with Gasteiger partial charge < -0.3 is 5.73 Å². The summed E-state index contributed by atoms with van der Waals surface area (Å²) in [6, 6.07) is 12.1. The first-order chi connectivity index (χ1) is 9.86. The Labute approximate surface area is 133 Å². The smallest absolute Gasteiger partial charge is 0.264 e. The third-order valence-electron chi connectivity index (χ3n) is 3.33. The van der Waals surface area contributed by atoms with Crippen molar-refractivity contribution in [1.29, 1.82) is 0 Å². The molecule has 0 spiro atoms. The van der Waals surface area contributed by atoms with Crippen LogP contribution in [0, 0.1) is 0 Å². The van der Waals surface area contributed by atoms with Crippen LogP contribution in [0.3, 0.4) is 0 Å². The van der Waals surface area contributed by atoms with Crippen LogP contribution in [-0.2, 0) is 16.4 Å². The summed E-state index contributed by atoms with van der Waals surface area (Å²) in [5.74, 6) is 0. The molecule has 2 aromatic carbocycles. The number of nitrogens with two attached hydrogens (primary N) is 1. The van der Waals surface area contributed by atoms with Crippen LogP contribution in [0.2, 0.25) is 0 Å². The van der Waals surface area contributed by atoms with Crippen molar-refractivity contribution in [3.8, 4) is 0 Å². The second kappa shape index (κ2) is 6.07. The Bertz CT molecular complexity index is 743. The SMILES string of the molecule is CCc1ccc(N(C)S(=O)(=O)c2ccc(Br)c(N)c2)cc1. The third-order valence-corrected chi connectivity index (χ3v) is 5.84. The zero-order chi connectivity index (χ0) is 15.6. The average Bonchev–Trinajstić information content (AvgIpc) is 2.49. The zero-order valence-corrected chi connectivity index (χ0v) is 14.3. The molecular weight excluding hydrogens is 352 g/mol. The first-order valence-electron chi connectivity index (χ1n) is 6.49. The lowest BCUT2D eigenvalue weighted by Gasteiger charge is -2.20. The van der Waals surface area contributed by atoms with Crippen LogP contribution < -0.4 is 10.0 Å². The minimum absolute atomic E-state index is 0.172. The fourth-order valence-corrected chi connectivity index (χ4v) is 3.40. The number of rotatable bonds is 4. The van der Waals surface area contributed by atoms with Gasteiger partial charge in [-0.3, -0.25) is 4.31 Å². The Morgan fingerprint density at radius 1 is 1.14 bits per heavy atom. The lowest BCUT2D eigenvalue weighted by Crippen LogP contribution is -2.26. The van der Waals surface area contributed by atoms with Crippen molar-refractivity contribution < 1.29 is 8.42 Å². The molecule has 0 radical (unpaired) electrons. The fourth-order valence-electron chi connectivity index (χ4n) is 1.92. The summed E-state index contributed by atoms with van der Waals surface area (Å²) in [5.41, 5.74) is 7.94. The highest BCUT2D eigenvalue weighted by molar-refractivity contribution is 9.10. The van der Waals surface area contributed by atoms with E-state index in [4.69, 9.17) is 5.73 Å². The molecule has 6 heteroatoms. The Morgan fingerprint density at radius 3 is 2.29 bits per heavy atom. The number of nitrogens with zero attached hydrogens (tertiary/aromatic N) is 1. The van der Waals surface area contributed by atoms with Gasteiger partial charge in [0.15, 0.2) is 0 Å². The van der Waals surface area contributed by atoms with Crippen LogP contribution in [0.1, 0.15) is 12.5 Å². The van der Waals surface area contributed by atoms with Crippen LogP contribution in [-0.4, -0.2) is 15.5 Å². The average molecular weight is 369 g/mol. The molecule has 0 atom stereocenters. The molecule has 0 amide bonds. The topological polar surface area (TPSA) is 63.4 Å². The van der Waals surface area contributed by atoms with Crippen molar-refractivity contribution in [2.24, 2.45) is 0 Å². The highest BCUT2D eigenvalue weighted by Crippen LogP contribution is 2.27. The molecule has 4 nitrogen and oxygen atoms in total. The molecule has 0 aliphatic rings. The zero-order valence-electron chi connectivity index (χ0n) is 11.9. The van der Waals surface area contributed by atoms with Gasteiger partial charge in [-0.15, -0.1) is 0 Å². The predicted molar refractivity (Wildman–Crippen MR) is 90.0 cm³/mol. The van der Waals surface area contributed by atoms with Crippen molar-refractivity contribution in [3.63, 3.8) is 0 Å². The summed E-state index contributed by atoms with van der Waals surface area (Å²) in [6.07, 6.45) is 0.917. The normalized spacial score (nSPS) is 11.4. The second-order valence-electron chi connectivity index (χ2n) is 4.68. The largest absolute Gasteiger partial charge is 0.398 e. The maximum Gasteiger partial charge on any atom is 0.264 e. The van der Waals surface area contributed by atoms with Crippen molar-refractivity contribution >= 4 is 37.3 Å². The lowest BCUT2D eigenvalue weighted by atomic mass is 10.1. The van der Waals surface area contributed by atoms with Gasteiger partial charge in [-0.25, -0.2) is 8.42 Å². The molecule has 0 heterocycles. The van der Waals surface area contributed by atoms with E-state index in [-0.39, 0.29) is 4.90 Å². The molecule has 0 bridgehead atoms. The van der Waals surface area contributed by atoms with Crippen LogP contribution in [0.25, 0.3) is 0 Å². The van der Waals surface area contributed by atoms with Crippen molar-refractivity contribution in [1.82, 2.24) is 0 Å². The summed E-state index contributed by atoms with van der Waals surface area (Å²) < 4.78 is 27.1. The minimum Gasteiger partial charge on any atom is -0.398 e. The number of anilines is 2. The highest BCUT2D eigenvalue weighted by atomic mass is 79.9. The number of hydrogen-bond donors (Lipinski definition) is 1. The van der Waals surface area contributed by atoms with Gasteiger partial charge in [-0.05, 0) is 58.2 Å². The van der Waals surface area contributed by atoms with Crippen LogP contribution in [0.5, 0.6) is 0 Å². The molecule has 0 aliphatic carbocycles. The van der Waals surface area contributed by atoms with Crippen LogP contribution in [0.15, 0.2) is 51.8 Å². The van der Waals surface area contributed by atoms with Gasteiger partial charge in [0.05, 0.1) is 10.6 Å². The van der Waals surface area contributed by atoms with Gasteiger partial charge in [-0.2, -0.15) is 0 Å². The predicted octanol–water partition coefficient (Wildman–Crippen LogP) is 3.42. The molecule has 0 unspecified atom stereocenters. The highest BCUT2D eigenvalue weighted by Gasteiger charge is 2.21. The molecule has 2 aromatic rings. The third kappa shape index (κ3) is 3.22. The first-order valence-corrected chi connectivity index (χ1v) is 8.72. The molecule has 2 rings (SSSR count). The van der Waals surface area contributed by atoms with Gasteiger partial charge in [-0.1, -0.05) is 19.1 Å². The minimum atomic E-state index is -3.62. The number of hydrogen-bond acceptors (Lipinski definition) is 3. The van der Waals surface area contributed by atoms with Gasteiger partial charge in [0, 0.05) is 17.2 Å². The van der Waals surface area contributed by atoms with E-state index in [0.717, 1.165) is 12.0 Å². The Morgan fingerprint density at radius 2 is 1.76 bits per heavy atom. The summed E-state index contributed by atoms with van der Waals surface area (Å²) in [4.78, 5) is 0.172. The summed E-state index contributed by atoms with van der Waals surface area (Å²) >= 11 is 3.26. The van der Waals surface area contributed by atoms with Crippen LogP contribution in [0.4, 0.5) is 11.4 Å². The number of sulfonamides is 1. The lowest BCUT2D eigenvalue weighted by molar-refractivity contribution is 0.594. The standard InChI is InChI=1S/C15H17BrN2O2S/c1-3-11-4-6-12(7-5-11)18(2)21(19,20)13-8-9-14(16)15(17)10-13/h4-10H,3,17H2,1-2H3. The van der Waals surface area contributed by atoms with E-state index in [1.54, 1.807) is 18.2 Å². The van der Waals surface area contributed by atoms with E-state index in [1.165, 1.54) is 23.5 Å². The van der Waals surface area contributed by atoms with Crippen molar-refractivity contribution in [3.05, 3.63) is 52.5 Å². The second-order valence-corrected chi connectivity index (χ2v) is 7.50. The van der Waals surface area contributed by atoms with E-state index in [0.29, 0.717) is 15.8 Å². The van der Waals surface area contributed by atoms with Gasteiger partial charge >= 0.3 is 0 Å². The van der Waals surface area contributed by atoms with E-state index >= 15 is 0 Å². The molecule has 112 valence electrons. The van der Waals surface area contributed by atoms with E-state index in [9.17, 15) is 8.42 Å². The first kappa shape index (κ1) is 15.9. The summed E-state index contributed by atoms with van der Waals surface area (Å²) in [5, 5.41) is 0. The molecule has 0 fully saturated rings. The number of aryl methyl sites for hydroxylation is 1. The van der Waals surface area contributed by atoms with Crippen LogP contribution >= 0.6 is 15.9 Å². The Hall–Kier alpha value is -1.53. The van der Waals surface area contributed by atoms with E-state index in [1.807, 2.05) is 12.1 Å². The molecule has 0 aromatic heterocycles.